The number of nitrogens with zero attached hydrogens (tertiary/aromatic N) is 2. The van der Waals surface area contributed by atoms with Crippen molar-refractivity contribution in [2.24, 2.45) is 7.05 Å². The Labute approximate surface area is 102 Å². The maximum atomic E-state index is 11.9. The molecule has 0 bridgehead atoms. The molecule has 1 aromatic carbocycles. The second-order valence-electron chi connectivity index (χ2n) is 3.63. The molecule has 16 heavy (non-hydrogen) atoms. The largest absolute Gasteiger partial charge is 0.294 e. The van der Waals surface area contributed by atoms with Gasteiger partial charge in [0.2, 0.25) is 0 Å². The number of carbonyl (C=O) groups is 1. The van der Waals surface area contributed by atoms with Crippen LogP contribution in [0, 0.1) is 0 Å². The lowest BCUT2D eigenvalue weighted by Gasteiger charge is -1.99. The molecule has 1 heterocycles. The Hall–Kier alpha value is -1.42. The molecule has 2 aromatic rings. The Balaban J connectivity index is 2.14. The van der Waals surface area contributed by atoms with E-state index in [9.17, 15) is 4.79 Å². The number of halogens is 1. The fourth-order valence-electron chi connectivity index (χ4n) is 1.51. The number of aromatic nitrogens is 2. The van der Waals surface area contributed by atoms with Crippen molar-refractivity contribution in [2.75, 3.05) is 0 Å². The topological polar surface area (TPSA) is 34.9 Å². The third-order valence-electron chi connectivity index (χ3n) is 2.27. The van der Waals surface area contributed by atoms with Crippen LogP contribution in [0.2, 0.25) is 0 Å². The molecule has 0 aliphatic rings. The van der Waals surface area contributed by atoms with Gasteiger partial charge in [0, 0.05) is 29.7 Å². The highest BCUT2D eigenvalue weighted by atomic mass is 79.9. The summed E-state index contributed by atoms with van der Waals surface area (Å²) in [4.78, 5) is 11.9. The van der Waals surface area contributed by atoms with Crippen LogP contribution in [-0.4, -0.2) is 15.6 Å². The third kappa shape index (κ3) is 2.58. The summed E-state index contributed by atoms with van der Waals surface area (Å²) in [6, 6.07) is 7.42. The van der Waals surface area contributed by atoms with E-state index in [0.29, 0.717) is 6.42 Å². The number of hydrogen-bond acceptors (Lipinski definition) is 2. The van der Waals surface area contributed by atoms with Crippen molar-refractivity contribution in [3.63, 3.8) is 0 Å². The van der Waals surface area contributed by atoms with Gasteiger partial charge in [0.25, 0.3) is 0 Å². The third-order valence-corrected chi connectivity index (χ3v) is 2.76. The lowest BCUT2D eigenvalue weighted by atomic mass is 10.1. The van der Waals surface area contributed by atoms with Gasteiger partial charge in [-0.1, -0.05) is 28.1 Å². The molecule has 4 heteroatoms. The number of ketones is 1. The minimum Gasteiger partial charge on any atom is -0.294 e. The lowest BCUT2D eigenvalue weighted by molar-refractivity contribution is 0.0993. The summed E-state index contributed by atoms with van der Waals surface area (Å²) in [5, 5.41) is 4.04. The second kappa shape index (κ2) is 4.61. The number of rotatable bonds is 3. The van der Waals surface area contributed by atoms with Gasteiger partial charge in [-0.25, -0.2) is 0 Å². The summed E-state index contributed by atoms with van der Waals surface area (Å²) >= 11 is 3.35. The zero-order chi connectivity index (χ0) is 11.5. The molecular weight excluding hydrogens is 268 g/mol. The Morgan fingerprint density at radius 3 is 2.94 bits per heavy atom. The molecular formula is C12H11BrN2O. The van der Waals surface area contributed by atoms with Crippen LogP contribution in [-0.2, 0) is 13.5 Å². The molecule has 0 spiro atoms. The Kier molecular flexibility index (Phi) is 3.19. The highest BCUT2D eigenvalue weighted by Gasteiger charge is 2.08. The van der Waals surface area contributed by atoms with Crippen molar-refractivity contribution < 1.29 is 4.79 Å². The van der Waals surface area contributed by atoms with Crippen molar-refractivity contribution in [1.82, 2.24) is 9.78 Å². The highest BCUT2D eigenvalue weighted by molar-refractivity contribution is 9.10. The molecule has 0 aliphatic heterocycles. The molecule has 2 rings (SSSR count). The first-order valence-corrected chi connectivity index (χ1v) is 5.71. The zero-order valence-corrected chi connectivity index (χ0v) is 10.4. The van der Waals surface area contributed by atoms with Gasteiger partial charge in [-0.05, 0) is 17.7 Å². The molecule has 0 amide bonds. The molecule has 0 unspecified atom stereocenters. The number of hydrogen-bond donors (Lipinski definition) is 0. The van der Waals surface area contributed by atoms with Gasteiger partial charge < -0.3 is 0 Å². The average molecular weight is 279 g/mol. The maximum absolute atomic E-state index is 11.9. The first kappa shape index (κ1) is 11.1. The molecule has 3 nitrogen and oxygen atoms in total. The molecule has 1 aromatic heterocycles. The monoisotopic (exact) mass is 278 g/mol. The normalized spacial score (nSPS) is 10.4. The number of carbonyl (C=O) groups excluding carboxylic acids is 1. The van der Waals surface area contributed by atoms with Crippen LogP contribution < -0.4 is 0 Å². The van der Waals surface area contributed by atoms with Gasteiger partial charge in [0.1, 0.15) is 0 Å². The second-order valence-corrected chi connectivity index (χ2v) is 4.55. The quantitative estimate of drug-likeness (QED) is 0.809. The molecule has 0 aliphatic carbocycles. The van der Waals surface area contributed by atoms with Gasteiger partial charge in [0.05, 0.1) is 6.20 Å². The zero-order valence-electron chi connectivity index (χ0n) is 8.85. The van der Waals surface area contributed by atoms with Crippen molar-refractivity contribution in [3.05, 3.63) is 52.3 Å². The summed E-state index contributed by atoms with van der Waals surface area (Å²) in [5.74, 6) is 0.106. The summed E-state index contributed by atoms with van der Waals surface area (Å²) in [5.41, 5.74) is 1.66. The summed E-state index contributed by atoms with van der Waals surface area (Å²) in [7, 11) is 1.84. The van der Waals surface area contributed by atoms with E-state index in [0.717, 1.165) is 15.6 Å². The van der Waals surface area contributed by atoms with Gasteiger partial charge in [-0.2, -0.15) is 5.10 Å². The van der Waals surface area contributed by atoms with E-state index in [1.807, 2.05) is 37.5 Å². The van der Waals surface area contributed by atoms with Crippen LogP contribution >= 0.6 is 15.9 Å². The van der Waals surface area contributed by atoms with E-state index in [2.05, 4.69) is 21.0 Å². The van der Waals surface area contributed by atoms with E-state index >= 15 is 0 Å². The van der Waals surface area contributed by atoms with E-state index in [-0.39, 0.29) is 5.78 Å². The predicted octanol–water partition coefficient (Wildman–Crippen LogP) is 2.61. The van der Waals surface area contributed by atoms with Crippen molar-refractivity contribution >= 4 is 21.7 Å². The van der Waals surface area contributed by atoms with Crippen LogP contribution in [0.3, 0.4) is 0 Å². The van der Waals surface area contributed by atoms with Crippen LogP contribution in [0.4, 0.5) is 0 Å². The van der Waals surface area contributed by atoms with Crippen LogP contribution in [0.25, 0.3) is 0 Å². The van der Waals surface area contributed by atoms with Gasteiger partial charge in [0.15, 0.2) is 5.78 Å². The van der Waals surface area contributed by atoms with Crippen molar-refractivity contribution in [3.8, 4) is 0 Å². The first-order valence-electron chi connectivity index (χ1n) is 4.91. The Bertz CT molecular complexity index is 519. The molecule has 0 N–H and O–H groups in total. The highest BCUT2D eigenvalue weighted by Crippen LogP contribution is 2.13. The molecule has 0 fully saturated rings. The minimum atomic E-state index is 0.106. The van der Waals surface area contributed by atoms with E-state index < -0.39 is 0 Å². The number of benzene rings is 1. The van der Waals surface area contributed by atoms with Gasteiger partial charge in [-0.3, -0.25) is 9.48 Å². The Morgan fingerprint density at radius 2 is 2.31 bits per heavy atom. The molecule has 0 radical (unpaired) electrons. The summed E-state index contributed by atoms with van der Waals surface area (Å²) < 4.78 is 2.62. The molecule has 0 saturated heterocycles. The smallest absolute Gasteiger partial charge is 0.167 e. The summed E-state index contributed by atoms with van der Waals surface area (Å²) in [6.07, 6.45) is 3.97. The van der Waals surface area contributed by atoms with Crippen molar-refractivity contribution in [2.45, 2.75) is 6.42 Å². The van der Waals surface area contributed by atoms with E-state index in [4.69, 9.17) is 0 Å². The fraction of sp³-hybridized carbons (Fsp3) is 0.167. The number of aryl methyl sites for hydroxylation is 1. The van der Waals surface area contributed by atoms with Gasteiger partial charge >= 0.3 is 0 Å². The molecule has 0 saturated carbocycles. The van der Waals surface area contributed by atoms with Crippen LogP contribution in [0.5, 0.6) is 0 Å². The van der Waals surface area contributed by atoms with Gasteiger partial charge in [-0.15, -0.1) is 0 Å². The fourth-order valence-corrected chi connectivity index (χ4v) is 1.91. The lowest BCUT2D eigenvalue weighted by Crippen LogP contribution is -2.02. The minimum absolute atomic E-state index is 0.106. The van der Waals surface area contributed by atoms with Crippen LogP contribution in [0.1, 0.15) is 15.9 Å². The first-order chi connectivity index (χ1) is 7.65. The van der Waals surface area contributed by atoms with Crippen molar-refractivity contribution in [1.29, 1.82) is 0 Å². The summed E-state index contributed by atoms with van der Waals surface area (Å²) in [6.45, 7) is 0. The molecule has 82 valence electrons. The van der Waals surface area contributed by atoms with E-state index in [1.54, 1.807) is 10.9 Å². The average Bonchev–Trinajstić information content (AvgIpc) is 2.64. The Morgan fingerprint density at radius 1 is 1.50 bits per heavy atom. The van der Waals surface area contributed by atoms with Crippen LogP contribution in [0.15, 0.2) is 41.1 Å². The van der Waals surface area contributed by atoms with E-state index in [1.165, 1.54) is 0 Å². The standard InChI is InChI=1S/C12H11BrN2O/c1-15-8-9(7-14-15)5-12(16)10-3-2-4-11(13)6-10/h2-4,6-8H,5H2,1H3. The molecule has 0 atom stereocenters. The maximum Gasteiger partial charge on any atom is 0.167 e. The number of Topliss-reactive ketones (excluding diaryl/α,β-unsaturated/α-hetero) is 1. The predicted molar refractivity (Wildman–Crippen MR) is 65.4 cm³/mol. The SMILES string of the molecule is Cn1cc(CC(=O)c2cccc(Br)c2)cn1.